The Hall–Kier alpha value is -2.57. The van der Waals surface area contributed by atoms with E-state index in [1.54, 1.807) is 4.90 Å². The lowest BCUT2D eigenvalue weighted by Gasteiger charge is -2.51. The number of ether oxygens (including phenoxy) is 1. The number of likely N-dealkylation sites (tertiary alicyclic amines) is 1. The number of hydrogen-bond acceptors (Lipinski definition) is 4. The second kappa shape index (κ2) is 7.35. The first-order valence-corrected chi connectivity index (χ1v) is 10.2. The zero-order chi connectivity index (χ0) is 21.6. The van der Waals surface area contributed by atoms with Crippen LogP contribution >= 0.6 is 0 Å². The Morgan fingerprint density at radius 1 is 1.31 bits per heavy atom. The minimum absolute atomic E-state index is 0.434. The van der Waals surface area contributed by atoms with Crippen LogP contribution in [-0.4, -0.2) is 43.8 Å². The fourth-order valence-electron chi connectivity index (χ4n) is 4.63. The van der Waals surface area contributed by atoms with Crippen LogP contribution in [0.1, 0.15) is 58.3 Å². The summed E-state index contributed by atoms with van der Waals surface area (Å²) in [5, 5.41) is 10.1. The molecule has 0 radical (unpaired) electrons. The van der Waals surface area contributed by atoms with Gasteiger partial charge in [0.2, 0.25) is 0 Å². The van der Waals surface area contributed by atoms with Crippen LogP contribution in [0.5, 0.6) is 0 Å². The summed E-state index contributed by atoms with van der Waals surface area (Å²) in [6, 6.07) is 5.93. The van der Waals surface area contributed by atoms with E-state index in [0.29, 0.717) is 31.6 Å². The first kappa shape index (κ1) is 21.1. The second-order valence-corrected chi connectivity index (χ2v) is 8.88. The van der Waals surface area contributed by atoms with E-state index < -0.39 is 29.2 Å². The van der Waals surface area contributed by atoms with Crippen LogP contribution < -0.4 is 0 Å². The lowest BCUT2D eigenvalue weighted by atomic mass is 9.80. The third-order valence-corrected chi connectivity index (χ3v) is 5.70. The van der Waals surface area contributed by atoms with Crippen LogP contribution in [0, 0.1) is 19.8 Å². The van der Waals surface area contributed by atoms with Gasteiger partial charge in [0.1, 0.15) is 17.1 Å². The van der Waals surface area contributed by atoms with Crippen molar-refractivity contribution in [2.24, 2.45) is 5.92 Å². The predicted molar refractivity (Wildman–Crippen MR) is 111 cm³/mol. The van der Waals surface area contributed by atoms with Gasteiger partial charge in [-0.25, -0.2) is 9.78 Å². The van der Waals surface area contributed by atoms with Gasteiger partial charge >= 0.3 is 12.1 Å². The number of aromatic nitrogens is 2. The van der Waals surface area contributed by atoms with E-state index >= 15 is 0 Å². The van der Waals surface area contributed by atoms with Gasteiger partial charge in [-0.05, 0) is 71.6 Å². The van der Waals surface area contributed by atoms with Crippen LogP contribution in [-0.2, 0) is 15.2 Å². The molecule has 1 fully saturated rings. The average Bonchev–Trinajstić information content (AvgIpc) is 2.94. The number of carboxylic acids is 1. The first-order chi connectivity index (χ1) is 13.5. The number of amides is 1. The molecule has 2 heterocycles. The highest BCUT2D eigenvalue weighted by Gasteiger charge is 2.54. The van der Waals surface area contributed by atoms with Crippen molar-refractivity contribution >= 4 is 23.1 Å². The van der Waals surface area contributed by atoms with Crippen LogP contribution in [0.3, 0.4) is 0 Å². The van der Waals surface area contributed by atoms with Crippen LogP contribution in [0.25, 0.3) is 11.0 Å². The van der Waals surface area contributed by atoms with Gasteiger partial charge in [-0.2, -0.15) is 0 Å². The van der Waals surface area contributed by atoms with Crippen LogP contribution in [0.15, 0.2) is 18.2 Å². The molecule has 1 aromatic heterocycles. The number of hydrogen-bond donors (Lipinski definition) is 1. The fourth-order valence-corrected chi connectivity index (χ4v) is 4.63. The third-order valence-electron chi connectivity index (χ3n) is 5.70. The quantitative estimate of drug-likeness (QED) is 0.821. The predicted octanol–water partition coefficient (Wildman–Crippen LogP) is 4.45. The Morgan fingerprint density at radius 2 is 2.00 bits per heavy atom. The molecule has 1 saturated heterocycles. The summed E-state index contributed by atoms with van der Waals surface area (Å²) in [6.07, 6.45) is 1.05. The summed E-state index contributed by atoms with van der Waals surface area (Å²) in [7, 11) is 0. The highest BCUT2D eigenvalue weighted by molar-refractivity contribution is 5.80. The van der Waals surface area contributed by atoms with E-state index in [1.165, 1.54) is 0 Å². The molecule has 7 nitrogen and oxygen atoms in total. The molecule has 1 aliphatic heterocycles. The van der Waals surface area contributed by atoms with Gasteiger partial charge in [-0.15, -0.1) is 0 Å². The van der Waals surface area contributed by atoms with Crippen molar-refractivity contribution in [1.29, 1.82) is 0 Å². The second-order valence-electron chi connectivity index (χ2n) is 8.88. The van der Waals surface area contributed by atoms with Gasteiger partial charge in [0, 0.05) is 6.54 Å². The summed E-state index contributed by atoms with van der Waals surface area (Å²) < 4.78 is 7.64. The molecule has 0 spiro atoms. The molecule has 0 aliphatic carbocycles. The monoisotopic (exact) mass is 401 g/mol. The van der Waals surface area contributed by atoms with Crippen molar-refractivity contribution in [3.05, 3.63) is 29.6 Å². The van der Waals surface area contributed by atoms with E-state index in [4.69, 9.17) is 9.72 Å². The largest absolute Gasteiger partial charge is 0.481 e. The average molecular weight is 402 g/mol. The van der Waals surface area contributed by atoms with E-state index in [9.17, 15) is 14.7 Å². The van der Waals surface area contributed by atoms with Gasteiger partial charge in [-0.3, -0.25) is 9.69 Å². The molecular weight excluding hydrogens is 370 g/mol. The number of fused-ring (bicyclic) bond motifs is 1. The van der Waals surface area contributed by atoms with Crippen molar-refractivity contribution in [1.82, 2.24) is 14.5 Å². The molecular formula is C22H31N3O4. The summed E-state index contributed by atoms with van der Waals surface area (Å²) in [6.45, 7) is 11.7. The van der Waals surface area contributed by atoms with Gasteiger partial charge in [-0.1, -0.05) is 13.0 Å². The maximum atomic E-state index is 13.2. The normalized spacial score (nSPS) is 22.7. The van der Waals surface area contributed by atoms with Gasteiger partial charge < -0.3 is 14.4 Å². The number of aryl methyl sites for hydroxylation is 2. The van der Waals surface area contributed by atoms with Gasteiger partial charge in [0.25, 0.3) is 0 Å². The Bertz CT molecular complexity index is 943. The SMILES string of the molecule is CCC1(n2c(C)nc3cc(C)ccc32)C(C(=O)O)CCCN1C(=O)OC(C)(C)C. The highest BCUT2D eigenvalue weighted by atomic mass is 16.6. The third kappa shape index (κ3) is 3.58. The van der Waals surface area contributed by atoms with Gasteiger partial charge in [0.15, 0.2) is 0 Å². The maximum absolute atomic E-state index is 13.2. The van der Waals surface area contributed by atoms with Crippen molar-refractivity contribution < 1.29 is 19.4 Å². The molecule has 1 aromatic carbocycles. The molecule has 1 aliphatic rings. The summed E-state index contributed by atoms with van der Waals surface area (Å²) in [5.41, 5.74) is 0.956. The number of imidazole rings is 1. The Kier molecular flexibility index (Phi) is 5.36. The van der Waals surface area contributed by atoms with Crippen LogP contribution in [0.2, 0.25) is 0 Å². The number of piperidine rings is 1. The Morgan fingerprint density at radius 3 is 2.59 bits per heavy atom. The minimum Gasteiger partial charge on any atom is -0.481 e. The Labute approximate surface area is 171 Å². The van der Waals surface area contributed by atoms with Crippen molar-refractivity contribution in [2.45, 2.75) is 72.1 Å². The molecule has 2 aromatic rings. The van der Waals surface area contributed by atoms with E-state index in [-0.39, 0.29) is 0 Å². The summed E-state index contributed by atoms with van der Waals surface area (Å²) in [5.74, 6) is -0.978. The minimum atomic E-state index is -1.08. The Balaban J connectivity index is 2.28. The molecule has 158 valence electrons. The molecule has 2 unspecified atom stereocenters. The molecule has 0 bridgehead atoms. The van der Waals surface area contributed by atoms with E-state index in [2.05, 4.69) is 0 Å². The topological polar surface area (TPSA) is 84.7 Å². The van der Waals surface area contributed by atoms with Crippen molar-refractivity contribution in [2.75, 3.05) is 6.54 Å². The van der Waals surface area contributed by atoms with Crippen molar-refractivity contribution in [3.63, 3.8) is 0 Å². The molecule has 1 amide bonds. The highest BCUT2D eigenvalue weighted by Crippen LogP contribution is 2.44. The fraction of sp³-hybridized carbons (Fsp3) is 0.591. The summed E-state index contributed by atoms with van der Waals surface area (Å²) >= 11 is 0. The van der Waals surface area contributed by atoms with Crippen molar-refractivity contribution in [3.8, 4) is 0 Å². The first-order valence-electron chi connectivity index (χ1n) is 10.2. The standard InChI is InChI=1S/C22H31N3O4/c1-7-22(25-15(3)23-17-13-14(2)10-11-18(17)25)16(19(26)27)9-8-12-24(22)20(28)29-21(4,5)6/h10-11,13,16H,7-9,12H2,1-6H3,(H,26,27). The number of carbonyl (C=O) groups is 2. The molecule has 1 N–H and O–H groups in total. The lowest BCUT2D eigenvalue weighted by molar-refractivity contribution is -0.157. The summed E-state index contributed by atoms with van der Waals surface area (Å²) in [4.78, 5) is 31.9. The molecule has 7 heteroatoms. The number of carboxylic acid groups (broad SMARTS) is 1. The number of carbonyl (C=O) groups excluding carboxylic acids is 1. The molecule has 0 saturated carbocycles. The van der Waals surface area contributed by atoms with E-state index in [0.717, 1.165) is 16.6 Å². The van der Waals surface area contributed by atoms with Crippen LogP contribution in [0.4, 0.5) is 4.79 Å². The molecule has 3 rings (SSSR count). The zero-order valence-electron chi connectivity index (χ0n) is 18.2. The van der Waals surface area contributed by atoms with E-state index in [1.807, 2.05) is 64.3 Å². The number of aliphatic carboxylic acids is 1. The van der Waals surface area contributed by atoms with Gasteiger partial charge in [0.05, 0.1) is 17.0 Å². The smallest absolute Gasteiger partial charge is 0.412 e. The number of nitrogens with zero attached hydrogens (tertiary/aromatic N) is 3. The molecule has 2 atom stereocenters. The zero-order valence-corrected chi connectivity index (χ0v) is 18.2. The maximum Gasteiger partial charge on any atom is 0.412 e. The molecule has 29 heavy (non-hydrogen) atoms. The number of rotatable bonds is 3. The number of benzene rings is 1. The lowest BCUT2D eigenvalue weighted by Crippen LogP contribution is -2.62.